The smallest absolute Gasteiger partial charge is 0.251 e. The third-order valence-electron chi connectivity index (χ3n) is 3.25. The molecule has 1 saturated heterocycles. The lowest BCUT2D eigenvalue weighted by atomic mass is 10.1. The van der Waals surface area contributed by atoms with Gasteiger partial charge in [0.2, 0.25) is 0 Å². The lowest BCUT2D eigenvalue weighted by Gasteiger charge is -2.12. The first-order valence-corrected chi connectivity index (χ1v) is 7.13. The van der Waals surface area contributed by atoms with E-state index >= 15 is 0 Å². The fourth-order valence-corrected chi connectivity index (χ4v) is 2.15. The van der Waals surface area contributed by atoms with Crippen molar-refractivity contribution in [3.8, 4) is 5.75 Å². The maximum atomic E-state index is 12.0. The Morgan fingerprint density at radius 1 is 1.55 bits per heavy atom. The largest absolute Gasteiger partial charge is 0.491 e. The van der Waals surface area contributed by atoms with Crippen molar-refractivity contribution in [1.29, 1.82) is 0 Å². The molecule has 5 heteroatoms. The minimum absolute atomic E-state index is 0.130. The second-order valence-electron chi connectivity index (χ2n) is 4.95. The monoisotopic (exact) mass is 278 g/mol. The average molecular weight is 278 g/mol. The van der Waals surface area contributed by atoms with Gasteiger partial charge in [0.05, 0.1) is 18.4 Å². The number of nitrogens with one attached hydrogen (secondary N) is 1. The van der Waals surface area contributed by atoms with Gasteiger partial charge >= 0.3 is 0 Å². The molecule has 1 aromatic carbocycles. The molecule has 1 amide bonds. The number of amides is 1. The van der Waals surface area contributed by atoms with Crippen LogP contribution in [0.25, 0.3) is 0 Å². The third-order valence-corrected chi connectivity index (χ3v) is 3.25. The molecule has 110 valence electrons. The topological polar surface area (TPSA) is 73.6 Å². The van der Waals surface area contributed by atoms with Crippen molar-refractivity contribution in [1.82, 2.24) is 5.32 Å². The molecule has 0 radical (unpaired) electrons. The number of hydrogen-bond donors (Lipinski definition) is 2. The van der Waals surface area contributed by atoms with Gasteiger partial charge in [-0.25, -0.2) is 0 Å². The standard InChI is InChI=1S/C15H22N2O3/c1-2-7-20-14-6-5-11(9-13(14)16)15(18)17-10-12-4-3-8-19-12/h5-6,9,12H,2-4,7-8,10,16H2,1H3,(H,17,18). The van der Waals surface area contributed by atoms with E-state index in [0.29, 0.717) is 30.2 Å². The molecular weight excluding hydrogens is 256 g/mol. The van der Waals surface area contributed by atoms with Gasteiger partial charge in [-0.1, -0.05) is 6.92 Å². The number of nitrogens with two attached hydrogens (primary N) is 1. The molecule has 1 unspecified atom stereocenters. The Kier molecular flexibility index (Phi) is 5.24. The van der Waals surface area contributed by atoms with Crippen molar-refractivity contribution in [3.63, 3.8) is 0 Å². The summed E-state index contributed by atoms with van der Waals surface area (Å²) in [6.45, 7) is 3.99. The molecule has 0 aliphatic carbocycles. The average Bonchev–Trinajstić information content (AvgIpc) is 2.96. The summed E-state index contributed by atoms with van der Waals surface area (Å²) in [5, 5.41) is 2.87. The second kappa shape index (κ2) is 7.14. The molecular formula is C15H22N2O3. The van der Waals surface area contributed by atoms with Gasteiger partial charge in [-0.05, 0) is 37.5 Å². The zero-order valence-corrected chi connectivity index (χ0v) is 11.9. The minimum Gasteiger partial charge on any atom is -0.491 e. The van der Waals surface area contributed by atoms with Gasteiger partial charge in [0.15, 0.2) is 0 Å². The lowest BCUT2D eigenvalue weighted by molar-refractivity contribution is 0.0858. The highest BCUT2D eigenvalue weighted by atomic mass is 16.5. The Balaban J connectivity index is 1.90. The maximum Gasteiger partial charge on any atom is 0.251 e. The summed E-state index contributed by atoms with van der Waals surface area (Å²) in [7, 11) is 0. The Hall–Kier alpha value is -1.75. The van der Waals surface area contributed by atoms with Gasteiger partial charge in [-0.3, -0.25) is 4.79 Å². The first kappa shape index (κ1) is 14.7. The number of rotatable bonds is 6. The van der Waals surface area contributed by atoms with Gasteiger partial charge in [0, 0.05) is 18.7 Å². The zero-order valence-electron chi connectivity index (χ0n) is 11.9. The van der Waals surface area contributed by atoms with Crippen molar-refractivity contribution in [2.24, 2.45) is 0 Å². The quantitative estimate of drug-likeness (QED) is 0.780. The van der Waals surface area contributed by atoms with Crippen molar-refractivity contribution in [2.45, 2.75) is 32.3 Å². The SMILES string of the molecule is CCCOc1ccc(C(=O)NCC2CCCO2)cc1N. The third kappa shape index (κ3) is 3.87. The van der Waals surface area contributed by atoms with Crippen molar-refractivity contribution >= 4 is 11.6 Å². The molecule has 0 saturated carbocycles. The van der Waals surface area contributed by atoms with Gasteiger partial charge < -0.3 is 20.5 Å². The van der Waals surface area contributed by atoms with E-state index in [1.165, 1.54) is 0 Å². The van der Waals surface area contributed by atoms with Crippen LogP contribution in [-0.4, -0.2) is 31.8 Å². The first-order chi connectivity index (χ1) is 9.70. The molecule has 2 rings (SSSR count). The van der Waals surface area contributed by atoms with E-state index in [9.17, 15) is 4.79 Å². The summed E-state index contributed by atoms with van der Waals surface area (Å²) < 4.78 is 11.0. The van der Waals surface area contributed by atoms with Crippen molar-refractivity contribution in [3.05, 3.63) is 23.8 Å². The van der Waals surface area contributed by atoms with Crippen molar-refractivity contribution < 1.29 is 14.3 Å². The van der Waals surface area contributed by atoms with Crippen LogP contribution in [0.4, 0.5) is 5.69 Å². The molecule has 1 fully saturated rings. The summed E-state index contributed by atoms with van der Waals surface area (Å²) in [5.74, 6) is 0.497. The van der Waals surface area contributed by atoms with E-state index in [1.54, 1.807) is 18.2 Å². The van der Waals surface area contributed by atoms with Crippen LogP contribution in [0, 0.1) is 0 Å². The Labute approximate surface area is 119 Å². The molecule has 0 bridgehead atoms. The van der Waals surface area contributed by atoms with Crippen molar-refractivity contribution in [2.75, 3.05) is 25.5 Å². The van der Waals surface area contributed by atoms with Crippen LogP contribution >= 0.6 is 0 Å². The maximum absolute atomic E-state index is 12.0. The number of anilines is 1. The molecule has 1 aromatic rings. The first-order valence-electron chi connectivity index (χ1n) is 7.13. The normalized spacial score (nSPS) is 17.9. The van der Waals surface area contributed by atoms with Crippen LogP contribution in [0.3, 0.4) is 0 Å². The second-order valence-corrected chi connectivity index (χ2v) is 4.95. The fourth-order valence-electron chi connectivity index (χ4n) is 2.15. The molecule has 0 aromatic heterocycles. The zero-order chi connectivity index (χ0) is 14.4. The summed E-state index contributed by atoms with van der Waals surface area (Å²) in [5.41, 5.74) is 6.92. The van der Waals surface area contributed by atoms with E-state index in [4.69, 9.17) is 15.2 Å². The minimum atomic E-state index is -0.130. The number of ether oxygens (including phenoxy) is 2. The van der Waals surface area contributed by atoms with Crippen LogP contribution in [0.5, 0.6) is 5.75 Å². The van der Waals surface area contributed by atoms with Gasteiger partial charge in [0.25, 0.3) is 5.91 Å². The molecule has 3 N–H and O–H groups in total. The molecule has 5 nitrogen and oxygen atoms in total. The van der Waals surface area contributed by atoms with Gasteiger partial charge in [0.1, 0.15) is 5.75 Å². The highest BCUT2D eigenvalue weighted by Crippen LogP contribution is 2.22. The van der Waals surface area contributed by atoms with E-state index in [1.807, 2.05) is 6.92 Å². The van der Waals surface area contributed by atoms with Crippen LogP contribution in [0.1, 0.15) is 36.5 Å². The number of carbonyl (C=O) groups is 1. The van der Waals surface area contributed by atoms with Crippen LogP contribution < -0.4 is 15.8 Å². The summed E-state index contributed by atoms with van der Waals surface area (Å²) in [6, 6.07) is 5.12. The Bertz CT molecular complexity index is 456. The van der Waals surface area contributed by atoms with E-state index < -0.39 is 0 Å². The number of hydrogen-bond acceptors (Lipinski definition) is 4. The molecule has 1 heterocycles. The molecule has 20 heavy (non-hydrogen) atoms. The predicted octanol–water partition coefficient (Wildman–Crippen LogP) is 1.97. The van der Waals surface area contributed by atoms with Crippen LogP contribution in [0.2, 0.25) is 0 Å². The Morgan fingerprint density at radius 3 is 3.05 bits per heavy atom. The lowest BCUT2D eigenvalue weighted by Crippen LogP contribution is -2.31. The summed E-state index contributed by atoms with van der Waals surface area (Å²) in [4.78, 5) is 12.0. The van der Waals surface area contributed by atoms with Crippen LogP contribution in [0.15, 0.2) is 18.2 Å². The Morgan fingerprint density at radius 2 is 2.40 bits per heavy atom. The molecule has 1 aliphatic heterocycles. The van der Waals surface area contributed by atoms with E-state index in [-0.39, 0.29) is 12.0 Å². The fraction of sp³-hybridized carbons (Fsp3) is 0.533. The summed E-state index contributed by atoms with van der Waals surface area (Å²) >= 11 is 0. The number of benzene rings is 1. The predicted molar refractivity (Wildman–Crippen MR) is 77.9 cm³/mol. The van der Waals surface area contributed by atoms with E-state index in [2.05, 4.69) is 5.32 Å². The molecule has 0 spiro atoms. The molecule has 1 atom stereocenters. The number of carbonyl (C=O) groups excluding carboxylic acids is 1. The molecule has 1 aliphatic rings. The highest BCUT2D eigenvalue weighted by molar-refractivity contribution is 5.95. The van der Waals surface area contributed by atoms with Crippen LogP contribution in [-0.2, 0) is 4.74 Å². The number of nitrogen functional groups attached to an aromatic ring is 1. The highest BCUT2D eigenvalue weighted by Gasteiger charge is 2.17. The van der Waals surface area contributed by atoms with Gasteiger partial charge in [-0.2, -0.15) is 0 Å². The van der Waals surface area contributed by atoms with Gasteiger partial charge in [-0.15, -0.1) is 0 Å². The van der Waals surface area contributed by atoms with E-state index in [0.717, 1.165) is 25.9 Å². The summed E-state index contributed by atoms with van der Waals surface area (Å²) in [6.07, 6.45) is 3.13.